The average Bonchev–Trinajstić information content (AvgIpc) is 2.91. The summed E-state index contributed by atoms with van der Waals surface area (Å²) in [6.07, 6.45) is 1.37. The Labute approximate surface area is 212 Å². The number of hydrogen-bond donors (Lipinski definition) is 4. The van der Waals surface area contributed by atoms with E-state index in [4.69, 9.17) is 9.94 Å². The average molecular weight is 498 g/mol. The van der Waals surface area contributed by atoms with Gasteiger partial charge < -0.3 is 15.2 Å². The third-order valence-corrected chi connectivity index (χ3v) is 6.78. The van der Waals surface area contributed by atoms with E-state index in [1.807, 2.05) is 24.3 Å². The molecule has 0 saturated carbocycles. The second-order valence-corrected chi connectivity index (χ2v) is 9.54. The number of rotatable bonds is 10. The number of halogens is 1. The monoisotopic (exact) mass is 497 g/mol. The van der Waals surface area contributed by atoms with Gasteiger partial charge in [-0.2, -0.15) is 0 Å². The number of nitrogens with zero attached hydrogens (tertiary/aromatic N) is 1. The molecule has 1 amide bonds. The SMILES string of the molecule is CC(O)(CF)C(C)(NCCCc1ccc(C#Cc2ccc(CN3CCOCC3)cc2)cc1)C(=O)NO. The van der Waals surface area contributed by atoms with E-state index in [9.17, 15) is 14.3 Å². The molecule has 1 saturated heterocycles. The maximum absolute atomic E-state index is 13.3. The Morgan fingerprint density at radius 2 is 1.58 bits per heavy atom. The van der Waals surface area contributed by atoms with Crippen LogP contribution in [0.5, 0.6) is 0 Å². The van der Waals surface area contributed by atoms with Crippen molar-refractivity contribution in [3.05, 3.63) is 70.8 Å². The zero-order chi connectivity index (χ0) is 26.0. The number of aliphatic hydroxyl groups is 1. The van der Waals surface area contributed by atoms with Gasteiger partial charge in [0.25, 0.3) is 5.91 Å². The first-order valence-electron chi connectivity index (χ1n) is 12.3. The highest BCUT2D eigenvalue weighted by Gasteiger charge is 2.49. The van der Waals surface area contributed by atoms with Crippen molar-refractivity contribution < 1.29 is 24.2 Å². The number of ether oxygens (including phenoxy) is 1. The number of hydroxylamine groups is 1. The second-order valence-electron chi connectivity index (χ2n) is 9.54. The summed E-state index contributed by atoms with van der Waals surface area (Å²) in [5, 5.41) is 22.2. The molecule has 1 heterocycles. The summed E-state index contributed by atoms with van der Waals surface area (Å²) in [6.45, 7) is 6.26. The Morgan fingerprint density at radius 1 is 1.03 bits per heavy atom. The minimum atomic E-state index is -1.97. The van der Waals surface area contributed by atoms with Gasteiger partial charge in [-0.3, -0.25) is 14.9 Å². The van der Waals surface area contributed by atoms with Crippen LogP contribution in [-0.2, 0) is 22.5 Å². The van der Waals surface area contributed by atoms with Gasteiger partial charge in [0.1, 0.15) is 17.8 Å². The number of amides is 1. The summed E-state index contributed by atoms with van der Waals surface area (Å²) in [6, 6.07) is 16.3. The van der Waals surface area contributed by atoms with Gasteiger partial charge in [0.15, 0.2) is 0 Å². The minimum absolute atomic E-state index is 0.350. The van der Waals surface area contributed by atoms with Gasteiger partial charge >= 0.3 is 0 Å². The van der Waals surface area contributed by atoms with Crippen molar-refractivity contribution in [2.75, 3.05) is 39.5 Å². The summed E-state index contributed by atoms with van der Waals surface area (Å²) in [5.74, 6) is 5.52. The van der Waals surface area contributed by atoms with Crippen molar-refractivity contribution in [2.24, 2.45) is 0 Å². The van der Waals surface area contributed by atoms with Gasteiger partial charge in [0, 0.05) is 30.8 Å². The molecule has 36 heavy (non-hydrogen) atoms. The van der Waals surface area contributed by atoms with E-state index < -0.39 is 23.7 Å². The Balaban J connectivity index is 1.48. The molecule has 3 rings (SSSR count). The highest BCUT2D eigenvalue weighted by molar-refractivity contribution is 5.86. The van der Waals surface area contributed by atoms with Crippen LogP contribution in [-0.4, -0.2) is 71.8 Å². The fraction of sp³-hybridized carbons (Fsp3) is 0.464. The lowest BCUT2D eigenvalue weighted by molar-refractivity contribution is -0.148. The molecule has 0 aliphatic carbocycles. The molecule has 1 aliphatic rings. The van der Waals surface area contributed by atoms with Crippen molar-refractivity contribution in [3.8, 4) is 11.8 Å². The topological polar surface area (TPSA) is 94.1 Å². The van der Waals surface area contributed by atoms with Crippen LogP contribution in [0.3, 0.4) is 0 Å². The lowest BCUT2D eigenvalue weighted by Gasteiger charge is -2.39. The van der Waals surface area contributed by atoms with E-state index >= 15 is 0 Å². The van der Waals surface area contributed by atoms with Gasteiger partial charge in [-0.15, -0.1) is 0 Å². The van der Waals surface area contributed by atoms with Crippen LogP contribution in [0.25, 0.3) is 0 Å². The third kappa shape index (κ3) is 7.36. The van der Waals surface area contributed by atoms with Gasteiger partial charge in [0.05, 0.1) is 13.2 Å². The van der Waals surface area contributed by atoms with E-state index in [1.54, 1.807) is 0 Å². The molecular weight excluding hydrogens is 461 g/mol. The zero-order valence-electron chi connectivity index (χ0n) is 21.0. The molecule has 2 aromatic rings. The predicted octanol–water partition coefficient (Wildman–Crippen LogP) is 2.43. The van der Waals surface area contributed by atoms with E-state index in [0.29, 0.717) is 13.0 Å². The molecule has 8 heteroatoms. The van der Waals surface area contributed by atoms with E-state index in [-0.39, 0.29) is 0 Å². The van der Waals surface area contributed by atoms with Gasteiger partial charge in [-0.1, -0.05) is 36.1 Å². The second kappa shape index (κ2) is 12.9. The summed E-state index contributed by atoms with van der Waals surface area (Å²) < 4.78 is 18.7. The quantitative estimate of drug-likeness (QED) is 0.174. The van der Waals surface area contributed by atoms with E-state index in [0.717, 1.165) is 56.0 Å². The molecule has 7 nitrogen and oxygen atoms in total. The number of alkyl halides is 1. The maximum atomic E-state index is 13.3. The number of carbonyl (C=O) groups excluding carboxylic acids is 1. The number of nitrogens with one attached hydrogen (secondary N) is 2. The summed E-state index contributed by atoms with van der Waals surface area (Å²) in [5.41, 5.74) is 2.12. The molecule has 0 radical (unpaired) electrons. The molecule has 2 atom stereocenters. The lowest BCUT2D eigenvalue weighted by Crippen LogP contribution is -2.68. The minimum Gasteiger partial charge on any atom is -0.385 e. The normalized spacial score (nSPS) is 17.4. The maximum Gasteiger partial charge on any atom is 0.266 e. The Morgan fingerprint density at radius 3 is 2.11 bits per heavy atom. The highest BCUT2D eigenvalue weighted by Crippen LogP contribution is 2.23. The molecule has 0 bridgehead atoms. The summed E-state index contributed by atoms with van der Waals surface area (Å²) in [4.78, 5) is 14.4. The number of aryl methyl sites for hydroxylation is 1. The number of benzene rings is 2. The first-order valence-corrected chi connectivity index (χ1v) is 12.3. The highest BCUT2D eigenvalue weighted by atomic mass is 19.1. The predicted molar refractivity (Wildman–Crippen MR) is 136 cm³/mol. The molecule has 2 aromatic carbocycles. The summed E-state index contributed by atoms with van der Waals surface area (Å²) in [7, 11) is 0. The Hall–Kier alpha value is -2.80. The van der Waals surface area contributed by atoms with Crippen LogP contribution in [0.1, 0.15) is 42.5 Å². The van der Waals surface area contributed by atoms with Crippen LogP contribution < -0.4 is 10.8 Å². The molecule has 0 spiro atoms. The number of hydrogen-bond acceptors (Lipinski definition) is 6. The lowest BCUT2D eigenvalue weighted by atomic mass is 9.82. The third-order valence-electron chi connectivity index (χ3n) is 6.78. The van der Waals surface area contributed by atoms with Crippen LogP contribution in [0.15, 0.2) is 48.5 Å². The smallest absolute Gasteiger partial charge is 0.266 e. The van der Waals surface area contributed by atoms with E-state index in [2.05, 4.69) is 46.3 Å². The van der Waals surface area contributed by atoms with Crippen LogP contribution >= 0.6 is 0 Å². The standard InChI is InChI=1S/C28H36FN3O4/c1-27(34,21-29)28(2,26(33)31-35)30-15-3-4-22-5-7-23(8-6-22)9-10-24-11-13-25(14-12-24)20-32-16-18-36-19-17-32/h5-8,11-14,30,34-35H,3-4,15-21H2,1-2H3,(H,31,33). The van der Waals surface area contributed by atoms with Crippen molar-refractivity contribution in [2.45, 2.75) is 44.4 Å². The number of morpholine rings is 1. The van der Waals surface area contributed by atoms with E-state index in [1.165, 1.54) is 24.9 Å². The van der Waals surface area contributed by atoms with Gasteiger partial charge in [-0.05, 0) is 68.6 Å². The molecule has 2 unspecified atom stereocenters. The fourth-order valence-electron chi connectivity index (χ4n) is 4.00. The van der Waals surface area contributed by atoms with Crippen molar-refractivity contribution >= 4 is 5.91 Å². The van der Waals surface area contributed by atoms with Crippen LogP contribution in [0, 0.1) is 11.8 Å². The first-order chi connectivity index (χ1) is 17.3. The molecule has 0 aromatic heterocycles. The van der Waals surface area contributed by atoms with Crippen molar-refractivity contribution in [3.63, 3.8) is 0 Å². The van der Waals surface area contributed by atoms with Crippen molar-refractivity contribution in [1.82, 2.24) is 15.7 Å². The molecular formula is C28H36FN3O4. The first kappa shape index (κ1) is 27.8. The Kier molecular flexibility index (Phi) is 9.99. The molecule has 4 N–H and O–H groups in total. The van der Waals surface area contributed by atoms with Crippen molar-refractivity contribution in [1.29, 1.82) is 0 Å². The van der Waals surface area contributed by atoms with Gasteiger partial charge in [0.2, 0.25) is 0 Å². The zero-order valence-corrected chi connectivity index (χ0v) is 21.0. The largest absolute Gasteiger partial charge is 0.385 e. The van der Waals surface area contributed by atoms with Crippen LogP contribution in [0.2, 0.25) is 0 Å². The fourth-order valence-corrected chi connectivity index (χ4v) is 4.00. The molecule has 1 aliphatic heterocycles. The molecule has 194 valence electrons. The molecule has 1 fully saturated rings. The Bertz CT molecular complexity index is 1040. The number of carbonyl (C=O) groups is 1. The summed E-state index contributed by atoms with van der Waals surface area (Å²) >= 11 is 0. The van der Waals surface area contributed by atoms with Gasteiger partial charge in [-0.25, -0.2) is 9.87 Å². The van der Waals surface area contributed by atoms with Crippen LogP contribution in [0.4, 0.5) is 4.39 Å².